The Balaban J connectivity index is 1.64. The SMILES string of the molecule is NC(CC1CCCCC1)OC1CCCCC1. The molecule has 2 aliphatic rings. The Morgan fingerprint density at radius 1 is 0.875 bits per heavy atom. The topological polar surface area (TPSA) is 35.2 Å². The van der Waals surface area contributed by atoms with Crippen LogP contribution in [-0.2, 0) is 4.74 Å². The van der Waals surface area contributed by atoms with Gasteiger partial charge in [0.2, 0.25) is 0 Å². The fourth-order valence-electron chi connectivity index (χ4n) is 3.26. The largest absolute Gasteiger partial charge is 0.360 e. The Hall–Kier alpha value is -0.0800. The number of nitrogens with two attached hydrogens (primary N) is 1. The van der Waals surface area contributed by atoms with E-state index in [1.54, 1.807) is 0 Å². The van der Waals surface area contributed by atoms with Crippen molar-refractivity contribution in [2.75, 3.05) is 0 Å². The molecule has 16 heavy (non-hydrogen) atoms. The van der Waals surface area contributed by atoms with Crippen molar-refractivity contribution < 1.29 is 4.74 Å². The van der Waals surface area contributed by atoms with E-state index in [9.17, 15) is 0 Å². The van der Waals surface area contributed by atoms with E-state index >= 15 is 0 Å². The molecule has 94 valence electrons. The highest BCUT2D eigenvalue weighted by molar-refractivity contribution is 4.71. The summed E-state index contributed by atoms with van der Waals surface area (Å²) in [6, 6.07) is 0. The monoisotopic (exact) mass is 225 g/mol. The number of hydrogen-bond donors (Lipinski definition) is 1. The van der Waals surface area contributed by atoms with Gasteiger partial charge in [-0.2, -0.15) is 0 Å². The number of rotatable bonds is 4. The molecular weight excluding hydrogens is 198 g/mol. The van der Waals surface area contributed by atoms with Gasteiger partial charge in [-0.05, 0) is 25.2 Å². The van der Waals surface area contributed by atoms with Crippen molar-refractivity contribution in [3.8, 4) is 0 Å². The fourth-order valence-corrected chi connectivity index (χ4v) is 3.26. The summed E-state index contributed by atoms with van der Waals surface area (Å²) < 4.78 is 5.97. The summed E-state index contributed by atoms with van der Waals surface area (Å²) in [5, 5.41) is 0. The molecule has 2 heteroatoms. The molecule has 1 atom stereocenters. The normalized spacial score (nSPS) is 26.8. The average Bonchev–Trinajstić information content (AvgIpc) is 2.31. The minimum absolute atomic E-state index is 0.00574. The van der Waals surface area contributed by atoms with Crippen molar-refractivity contribution in [3.63, 3.8) is 0 Å². The first-order valence-corrected chi connectivity index (χ1v) is 7.25. The number of ether oxygens (including phenoxy) is 1. The van der Waals surface area contributed by atoms with Crippen LogP contribution in [0.4, 0.5) is 0 Å². The van der Waals surface area contributed by atoms with Crippen molar-refractivity contribution in [2.45, 2.75) is 83.0 Å². The molecule has 0 radical (unpaired) electrons. The summed E-state index contributed by atoms with van der Waals surface area (Å²) in [6.07, 6.45) is 15.1. The lowest BCUT2D eigenvalue weighted by atomic mass is 9.86. The van der Waals surface area contributed by atoms with E-state index in [0.717, 1.165) is 12.3 Å². The zero-order valence-electron chi connectivity index (χ0n) is 10.5. The molecule has 0 bridgehead atoms. The predicted molar refractivity (Wildman–Crippen MR) is 67.1 cm³/mol. The van der Waals surface area contributed by atoms with Gasteiger partial charge >= 0.3 is 0 Å². The van der Waals surface area contributed by atoms with Crippen LogP contribution in [0.5, 0.6) is 0 Å². The van der Waals surface area contributed by atoms with E-state index in [0.29, 0.717) is 6.10 Å². The molecule has 0 amide bonds. The molecule has 0 aromatic heterocycles. The molecule has 0 aliphatic heterocycles. The first-order valence-electron chi connectivity index (χ1n) is 7.25. The minimum Gasteiger partial charge on any atom is -0.360 e. The van der Waals surface area contributed by atoms with Crippen molar-refractivity contribution >= 4 is 0 Å². The standard InChI is InChI=1S/C14H27NO/c15-14(11-12-7-3-1-4-8-12)16-13-9-5-2-6-10-13/h12-14H,1-11,15H2. The lowest BCUT2D eigenvalue weighted by molar-refractivity contribution is -0.0388. The Morgan fingerprint density at radius 3 is 2.06 bits per heavy atom. The molecule has 2 saturated carbocycles. The zero-order chi connectivity index (χ0) is 11.2. The van der Waals surface area contributed by atoms with E-state index in [1.807, 2.05) is 0 Å². The lowest BCUT2D eigenvalue weighted by Crippen LogP contribution is -2.33. The minimum atomic E-state index is 0.00574. The first-order chi connectivity index (χ1) is 7.84. The van der Waals surface area contributed by atoms with Gasteiger partial charge in [0.1, 0.15) is 6.23 Å². The van der Waals surface area contributed by atoms with Gasteiger partial charge in [-0.15, -0.1) is 0 Å². The third kappa shape index (κ3) is 4.06. The molecule has 2 nitrogen and oxygen atoms in total. The van der Waals surface area contributed by atoms with Crippen LogP contribution in [-0.4, -0.2) is 12.3 Å². The molecule has 0 spiro atoms. The second-order valence-electron chi connectivity index (χ2n) is 5.67. The highest BCUT2D eigenvalue weighted by Crippen LogP contribution is 2.28. The molecule has 0 aromatic carbocycles. The van der Waals surface area contributed by atoms with E-state index in [2.05, 4.69) is 0 Å². The van der Waals surface area contributed by atoms with E-state index in [1.165, 1.54) is 64.2 Å². The predicted octanol–water partition coefficient (Wildman–Crippen LogP) is 3.59. The maximum atomic E-state index is 6.11. The van der Waals surface area contributed by atoms with Gasteiger partial charge in [0.05, 0.1) is 6.10 Å². The first kappa shape index (κ1) is 12.4. The van der Waals surface area contributed by atoms with Crippen molar-refractivity contribution in [2.24, 2.45) is 11.7 Å². The van der Waals surface area contributed by atoms with Crippen molar-refractivity contribution in [3.05, 3.63) is 0 Å². The lowest BCUT2D eigenvalue weighted by Gasteiger charge is -2.29. The molecule has 0 heterocycles. The summed E-state index contributed by atoms with van der Waals surface area (Å²) in [5.41, 5.74) is 6.11. The van der Waals surface area contributed by atoms with Crippen LogP contribution in [0, 0.1) is 5.92 Å². The van der Waals surface area contributed by atoms with Crippen LogP contribution >= 0.6 is 0 Å². The van der Waals surface area contributed by atoms with Gasteiger partial charge in [0, 0.05) is 0 Å². The van der Waals surface area contributed by atoms with Crippen LogP contribution in [0.15, 0.2) is 0 Å². The van der Waals surface area contributed by atoms with Crippen LogP contribution in [0.3, 0.4) is 0 Å². The molecule has 2 N–H and O–H groups in total. The smallest absolute Gasteiger partial charge is 0.106 e. The van der Waals surface area contributed by atoms with Gasteiger partial charge in [-0.1, -0.05) is 51.4 Å². The molecule has 2 aliphatic carbocycles. The maximum Gasteiger partial charge on any atom is 0.106 e. The maximum absolute atomic E-state index is 6.11. The highest BCUT2D eigenvalue weighted by atomic mass is 16.5. The quantitative estimate of drug-likeness (QED) is 0.742. The summed E-state index contributed by atoms with van der Waals surface area (Å²) >= 11 is 0. The molecular formula is C14H27NO. The molecule has 0 aromatic rings. The molecule has 1 unspecified atom stereocenters. The average molecular weight is 225 g/mol. The third-order valence-electron chi connectivity index (χ3n) is 4.21. The van der Waals surface area contributed by atoms with E-state index in [-0.39, 0.29) is 6.23 Å². The van der Waals surface area contributed by atoms with Crippen molar-refractivity contribution in [1.29, 1.82) is 0 Å². The van der Waals surface area contributed by atoms with Gasteiger partial charge in [0.25, 0.3) is 0 Å². The van der Waals surface area contributed by atoms with Gasteiger partial charge < -0.3 is 10.5 Å². The second-order valence-corrected chi connectivity index (χ2v) is 5.67. The molecule has 2 fully saturated rings. The van der Waals surface area contributed by atoms with E-state index in [4.69, 9.17) is 10.5 Å². The van der Waals surface area contributed by atoms with Crippen LogP contribution in [0.1, 0.15) is 70.6 Å². The van der Waals surface area contributed by atoms with Gasteiger partial charge in [-0.3, -0.25) is 0 Å². The zero-order valence-corrected chi connectivity index (χ0v) is 10.5. The Labute approximate surface area is 99.9 Å². The summed E-state index contributed by atoms with van der Waals surface area (Å²) in [7, 11) is 0. The number of hydrogen-bond acceptors (Lipinski definition) is 2. The summed E-state index contributed by atoms with van der Waals surface area (Å²) in [6.45, 7) is 0. The Bertz CT molecular complexity index is 163. The Morgan fingerprint density at radius 2 is 1.44 bits per heavy atom. The van der Waals surface area contributed by atoms with Gasteiger partial charge in [0.15, 0.2) is 0 Å². The van der Waals surface area contributed by atoms with Crippen LogP contribution in [0.2, 0.25) is 0 Å². The summed E-state index contributed by atoms with van der Waals surface area (Å²) in [5.74, 6) is 0.840. The van der Waals surface area contributed by atoms with Crippen LogP contribution < -0.4 is 5.73 Å². The van der Waals surface area contributed by atoms with Gasteiger partial charge in [-0.25, -0.2) is 0 Å². The Kier molecular flexibility index (Phi) is 5.11. The molecule has 2 rings (SSSR count). The van der Waals surface area contributed by atoms with Crippen molar-refractivity contribution in [1.82, 2.24) is 0 Å². The summed E-state index contributed by atoms with van der Waals surface area (Å²) in [4.78, 5) is 0. The fraction of sp³-hybridized carbons (Fsp3) is 1.00. The highest BCUT2D eigenvalue weighted by Gasteiger charge is 2.21. The third-order valence-corrected chi connectivity index (χ3v) is 4.21. The van der Waals surface area contributed by atoms with Crippen LogP contribution in [0.25, 0.3) is 0 Å². The molecule has 0 saturated heterocycles. The second kappa shape index (κ2) is 6.61. The van der Waals surface area contributed by atoms with E-state index < -0.39 is 0 Å².